The van der Waals surface area contributed by atoms with Crippen molar-refractivity contribution in [2.45, 2.75) is 13.3 Å². The molecule has 0 aliphatic carbocycles. The average molecular weight is 189 g/mol. The van der Waals surface area contributed by atoms with Crippen molar-refractivity contribution >= 4 is 17.4 Å². The highest BCUT2D eigenvalue weighted by molar-refractivity contribution is 6.52. The van der Waals surface area contributed by atoms with Gasteiger partial charge in [0.05, 0.1) is 11.3 Å². The van der Waals surface area contributed by atoms with E-state index in [0.717, 1.165) is 17.7 Å². The Labute approximate surface area is 82.3 Å². The molecule has 0 radical (unpaired) electrons. The number of Topliss-reactive ketones (excluding diaryl/α,β-unsaturated/α-hetero) is 1. The summed E-state index contributed by atoms with van der Waals surface area (Å²) in [6.45, 7) is 2.02. The monoisotopic (exact) mass is 189 g/mol. The number of fused-ring (bicyclic) bond motifs is 1. The SMILES string of the molecule is CCc1ccc2c(c1)C(=O)C(=O)N2C. The molecule has 0 fully saturated rings. The van der Waals surface area contributed by atoms with E-state index in [1.54, 1.807) is 13.1 Å². The van der Waals surface area contributed by atoms with Gasteiger partial charge in [-0.25, -0.2) is 0 Å². The summed E-state index contributed by atoms with van der Waals surface area (Å²) in [5.74, 6) is -0.828. The zero-order valence-corrected chi connectivity index (χ0v) is 8.20. The lowest BCUT2D eigenvalue weighted by atomic mass is 10.1. The summed E-state index contributed by atoms with van der Waals surface area (Å²) in [4.78, 5) is 24.2. The molecule has 0 N–H and O–H groups in total. The molecule has 0 unspecified atom stereocenters. The first-order valence-electron chi connectivity index (χ1n) is 4.60. The van der Waals surface area contributed by atoms with Crippen molar-refractivity contribution in [1.82, 2.24) is 0 Å². The second-order valence-electron chi connectivity index (χ2n) is 3.40. The van der Waals surface area contributed by atoms with Gasteiger partial charge in [-0.3, -0.25) is 9.59 Å². The summed E-state index contributed by atoms with van der Waals surface area (Å²) in [6.07, 6.45) is 0.873. The largest absolute Gasteiger partial charge is 0.308 e. The van der Waals surface area contributed by atoms with Crippen LogP contribution in [0.4, 0.5) is 5.69 Å². The number of ketones is 1. The number of rotatable bonds is 1. The maximum Gasteiger partial charge on any atom is 0.299 e. The van der Waals surface area contributed by atoms with Crippen molar-refractivity contribution in [1.29, 1.82) is 0 Å². The van der Waals surface area contributed by atoms with Crippen molar-refractivity contribution in [3.8, 4) is 0 Å². The van der Waals surface area contributed by atoms with Crippen LogP contribution in [0.2, 0.25) is 0 Å². The zero-order valence-electron chi connectivity index (χ0n) is 8.20. The van der Waals surface area contributed by atoms with Gasteiger partial charge in [0.2, 0.25) is 0 Å². The van der Waals surface area contributed by atoms with Crippen LogP contribution in [-0.4, -0.2) is 18.7 Å². The first kappa shape index (κ1) is 8.94. The van der Waals surface area contributed by atoms with E-state index in [2.05, 4.69) is 0 Å². The smallest absolute Gasteiger partial charge is 0.299 e. The van der Waals surface area contributed by atoms with Crippen LogP contribution in [0.5, 0.6) is 0 Å². The molecule has 0 saturated carbocycles. The molecular formula is C11H11NO2. The summed E-state index contributed by atoms with van der Waals surface area (Å²) >= 11 is 0. The van der Waals surface area contributed by atoms with Gasteiger partial charge in [0.1, 0.15) is 0 Å². The molecule has 1 amide bonds. The van der Waals surface area contributed by atoms with Gasteiger partial charge in [-0.05, 0) is 24.1 Å². The highest BCUT2D eigenvalue weighted by Crippen LogP contribution is 2.28. The van der Waals surface area contributed by atoms with Gasteiger partial charge in [0, 0.05) is 7.05 Å². The molecule has 1 aliphatic heterocycles. The van der Waals surface area contributed by atoms with E-state index in [1.165, 1.54) is 4.90 Å². The van der Waals surface area contributed by atoms with E-state index >= 15 is 0 Å². The number of likely N-dealkylation sites (N-methyl/N-ethyl adjacent to an activating group) is 1. The van der Waals surface area contributed by atoms with Gasteiger partial charge in [-0.1, -0.05) is 13.0 Å². The number of amides is 1. The lowest BCUT2D eigenvalue weighted by molar-refractivity contribution is -0.114. The molecule has 3 nitrogen and oxygen atoms in total. The standard InChI is InChI=1S/C11H11NO2/c1-3-7-4-5-9-8(6-7)10(13)11(14)12(9)2/h4-6H,3H2,1-2H3. The Kier molecular flexibility index (Phi) is 1.88. The zero-order chi connectivity index (χ0) is 10.3. The Morgan fingerprint density at radius 3 is 2.64 bits per heavy atom. The fourth-order valence-corrected chi connectivity index (χ4v) is 1.65. The molecule has 0 bridgehead atoms. The summed E-state index contributed by atoms with van der Waals surface area (Å²) in [5.41, 5.74) is 2.34. The second kappa shape index (κ2) is 2.94. The first-order chi connectivity index (χ1) is 6.65. The average Bonchev–Trinajstić information content (AvgIpc) is 2.44. The summed E-state index contributed by atoms with van der Waals surface area (Å²) < 4.78 is 0. The molecule has 0 spiro atoms. The maximum absolute atomic E-state index is 11.5. The van der Waals surface area contributed by atoms with Crippen molar-refractivity contribution in [3.05, 3.63) is 29.3 Å². The van der Waals surface area contributed by atoms with Crippen LogP contribution in [-0.2, 0) is 11.2 Å². The van der Waals surface area contributed by atoms with Crippen molar-refractivity contribution in [2.24, 2.45) is 0 Å². The van der Waals surface area contributed by atoms with Gasteiger partial charge < -0.3 is 4.90 Å². The third-order valence-electron chi connectivity index (χ3n) is 2.57. The van der Waals surface area contributed by atoms with Gasteiger partial charge in [-0.15, -0.1) is 0 Å². The molecule has 14 heavy (non-hydrogen) atoms. The highest BCUT2D eigenvalue weighted by Gasteiger charge is 2.32. The van der Waals surface area contributed by atoms with Crippen LogP contribution in [0.25, 0.3) is 0 Å². The molecule has 3 heteroatoms. The van der Waals surface area contributed by atoms with E-state index in [0.29, 0.717) is 5.56 Å². The van der Waals surface area contributed by atoms with Gasteiger partial charge in [-0.2, -0.15) is 0 Å². The van der Waals surface area contributed by atoms with E-state index in [4.69, 9.17) is 0 Å². The third kappa shape index (κ3) is 1.05. The van der Waals surface area contributed by atoms with E-state index in [-0.39, 0.29) is 0 Å². The summed E-state index contributed by atoms with van der Waals surface area (Å²) in [6, 6.07) is 5.58. The third-order valence-corrected chi connectivity index (χ3v) is 2.57. The Bertz CT molecular complexity index is 423. The number of hydrogen-bond acceptors (Lipinski definition) is 2. The van der Waals surface area contributed by atoms with Crippen LogP contribution in [0, 0.1) is 0 Å². The topological polar surface area (TPSA) is 37.4 Å². The van der Waals surface area contributed by atoms with Gasteiger partial charge in [0.15, 0.2) is 0 Å². The Morgan fingerprint density at radius 1 is 1.29 bits per heavy atom. The number of nitrogens with zero attached hydrogens (tertiary/aromatic N) is 1. The molecule has 72 valence electrons. The second-order valence-corrected chi connectivity index (χ2v) is 3.40. The minimum Gasteiger partial charge on any atom is -0.308 e. The van der Waals surface area contributed by atoms with Gasteiger partial charge >= 0.3 is 0 Å². The van der Waals surface area contributed by atoms with Crippen LogP contribution in [0.15, 0.2) is 18.2 Å². The number of aryl methyl sites for hydroxylation is 1. The minimum atomic E-state index is -0.437. The molecule has 2 rings (SSSR count). The van der Waals surface area contributed by atoms with E-state index < -0.39 is 11.7 Å². The lowest BCUT2D eigenvalue weighted by Crippen LogP contribution is -2.24. The molecule has 0 aromatic heterocycles. The van der Waals surface area contributed by atoms with Crippen molar-refractivity contribution in [3.63, 3.8) is 0 Å². The van der Waals surface area contributed by atoms with Crippen LogP contribution < -0.4 is 4.90 Å². The van der Waals surface area contributed by atoms with E-state index in [1.807, 2.05) is 19.1 Å². The summed E-state index contributed by atoms with van der Waals surface area (Å²) in [5, 5.41) is 0. The fourth-order valence-electron chi connectivity index (χ4n) is 1.65. The minimum absolute atomic E-state index is 0.391. The number of hydrogen-bond donors (Lipinski definition) is 0. The van der Waals surface area contributed by atoms with Crippen molar-refractivity contribution in [2.75, 3.05) is 11.9 Å². The van der Waals surface area contributed by atoms with E-state index in [9.17, 15) is 9.59 Å². The number of anilines is 1. The number of carbonyl (C=O) groups excluding carboxylic acids is 2. The lowest BCUT2D eigenvalue weighted by Gasteiger charge is -2.08. The Hall–Kier alpha value is -1.64. The Morgan fingerprint density at radius 2 is 2.00 bits per heavy atom. The number of benzene rings is 1. The van der Waals surface area contributed by atoms with Crippen molar-refractivity contribution < 1.29 is 9.59 Å². The molecule has 1 aromatic rings. The number of carbonyl (C=O) groups is 2. The molecule has 0 atom stereocenters. The first-order valence-corrected chi connectivity index (χ1v) is 4.60. The van der Waals surface area contributed by atoms with Crippen LogP contribution in [0.3, 0.4) is 0 Å². The Balaban J connectivity index is 2.59. The predicted molar refractivity (Wildman–Crippen MR) is 53.6 cm³/mol. The van der Waals surface area contributed by atoms with Crippen LogP contribution in [0.1, 0.15) is 22.8 Å². The molecule has 0 saturated heterocycles. The van der Waals surface area contributed by atoms with Crippen LogP contribution >= 0.6 is 0 Å². The normalized spacial score (nSPS) is 14.9. The molecule has 1 heterocycles. The highest BCUT2D eigenvalue weighted by atomic mass is 16.2. The summed E-state index contributed by atoms with van der Waals surface area (Å²) in [7, 11) is 1.62. The quantitative estimate of drug-likeness (QED) is 0.626. The van der Waals surface area contributed by atoms with Gasteiger partial charge in [0.25, 0.3) is 11.7 Å². The molecule has 1 aliphatic rings. The molecule has 1 aromatic carbocycles. The maximum atomic E-state index is 11.5. The predicted octanol–water partition coefficient (Wildman–Crippen LogP) is 1.41. The fraction of sp³-hybridized carbons (Fsp3) is 0.273. The molecular weight excluding hydrogens is 178 g/mol.